The molecule has 1 aliphatic carbocycles. The molecular formula is C20H27N7O3. The van der Waals surface area contributed by atoms with Crippen LogP contribution in [0.25, 0.3) is 5.52 Å². The minimum atomic E-state index is -0.351. The molecule has 0 bridgehead atoms. The molecule has 1 amide bonds. The van der Waals surface area contributed by atoms with Gasteiger partial charge in [-0.1, -0.05) is 0 Å². The number of aromatic amines is 1. The summed E-state index contributed by atoms with van der Waals surface area (Å²) in [6.45, 7) is 4.26. The lowest BCUT2D eigenvalue weighted by molar-refractivity contribution is 0.0981. The highest BCUT2D eigenvalue weighted by atomic mass is 16.6. The number of carbonyl (C=O) groups is 1. The zero-order chi connectivity index (χ0) is 21.1. The summed E-state index contributed by atoms with van der Waals surface area (Å²) in [7, 11) is 1.64. The van der Waals surface area contributed by atoms with Gasteiger partial charge in [0, 0.05) is 43.2 Å². The van der Waals surface area contributed by atoms with E-state index in [0.29, 0.717) is 18.2 Å². The van der Waals surface area contributed by atoms with Crippen molar-refractivity contribution in [1.29, 1.82) is 0 Å². The van der Waals surface area contributed by atoms with Crippen molar-refractivity contribution in [2.24, 2.45) is 0 Å². The van der Waals surface area contributed by atoms with E-state index in [2.05, 4.69) is 30.9 Å². The molecule has 3 aromatic rings. The Kier molecular flexibility index (Phi) is 5.84. The number of ether oxygens (including phenoxy) is 2. The molecule has 10 heteroatoms. The van der Waals surface area contributed by atoms with Gasteiger partial charge < -0.3 is 20.1 Å². The molecule has 4 rings (SSSR count). The predicted molar refractivity (Wildman–Crippen MR) is 111 cm³/mol. The molecule has 3 N–H and O–H groups in total. The smallest absolute Gasteiger partial charge is 0.407 e. The molecule has 0 spiro atoms. The number of nitrogens with zero attached hydrogens (tertiary/aromatic N) is 4. The number of hydrogen-bond donors (Lipinski definition) is 3. The lowest BCUT2D eigenvalue weighted by Crippen LogP contribution is -2.33. The quantitative estimate of drug-likeness (QED) is 0.544. The SMILES string of the molecule is COCc1cc2c(Nc3cc([C@H]4CC[C@@H](OC(=O)NC(C)C)C4)[nH]n3)nccn2n1. The van der Waals surface area contributed by atoms with Crippen LogP contribution in [-0.2, 0) is 16.1 Å². The van der Waals surface area contributed by atoms with Gasteiger partial charge in [0.05, 0.1) is 12.3 Å². The van der Waals surface area contributed by atoms with Gasteiger partial charge in [-0.05, 0) is 39.2 Å². The monoisotopic (exact) mass is 413 g/mol. The van der Waals surface area contributed by atoms with Crippen LogP contribution in [0, 0.1) is 0 Å². The number of anilines is 2. The summed E-state index contributed by atoms with van der Waals surface area (Å²) in [5.74, 6) is 1.63. The van der Waals surface area contributed by atoms with Crippen molar-refractivity contribution in [2.75, 3.05) is 12.4 Å². The molecule has 2 atom stereocenters. The minimum absolute atomic E-state index is 0.0652. The molecule has 10 nitrogen and oxygen atoms in total. The maximum atomic E-state index is 11.8. The predicted octanol–water partition coefficient (Wildman–Crippen LogP) is 3.11. The van der Waals surface area contributed by atoms with Crippen molar-refractivity contribution in [3.8, 4) is 0 Å². The van der Waals surface area contributed by atoms with Crippen molar-refractivity contribution in [2.45, 2.75) is 57.8 Å². The number of nitrogens with one attached hydrogen (secondary N) is 3. The van der Waals surface area contributed by atoms with E-state index in [1.165, 1.54) is 0 Å². The van der Waals surface area contributed by atoms with Gasteiger partial charge in [-0.15, -0.1) is 0 Å². The van der Waals surface area contributed by atoms with Crippen LogP contribution in [0.1, 0.15) is 50.4 Å². The van der Waals surface area contributed by atoms with Crippen LogP contribution in [0.5, 0.6) is 0 Å². The van der Waals surface area contributed by atoms with E-state index in [-0.39, 0.29) is 24.2 Å². The summed E-state index contributed by atoms with van der Waals surface area (Å²) in [6, 6.07) is 3.99. The first-order valence-electron chi connectivity index (χ1n) is 10.1. The number of aromatic nitrogens is 5. The Morgan fingerprint density at radius 1 is 1.37 bits per heavy atom. The Morgan fingerprint density at radius 3 is 3.03 bits per heavy atom. The van der Waals surface area contributed by atoms with Crippen molar-refractivity contribution in [3.63, 3.8) is 0 Å². The first-order valence-corrected chi connectivity index (χ1v) is 10.1. The fraction of sp³-hybridized carbons (Fsp3) is 0.500. The molecule has 0 unspecified atom stereocenters. The van der Waals surface area contributed by atoms with E-state index in [1.807, 2.05) is 26.0 Å². The van der Waals surface area contributed by atoms with Crippen LogP contribution >= 0.6 is 0 Å². The van der Waals surface area contributed by atoms with E-state index >= 15 is 0 Å². The van der Waals surface area contributed by atoms with E-state index in [4.69, 9.17) is 9.47 Å². The normalized spacial score (nSPS) is 18.8. The number of fused-ring (bicyclic) bond motifs is 1. The molecule has 0 radical (unpaired) electrons. The summed E-state index contributed by atoms with van der Waals surface area (Å²) in [6.07, 6.45) is 5.63. The fourth-order valence-corrected chi connectivity index (χ4v) is 3.77. The van der Waals surface area contributed by atoms with E-state index < -0.39 is 0 Å². The van der Waals surface area contributed by atoms with E-state index in [0.717, 1.165) is 36.2 Å². The second-order valence-electron chi connectivity index (χ2n) is 7.84. The molecular weight excluding hydrogens is 386 g/mol. The van der Waals surface area contributed by atoms with Gasteiger partial charge >= 0.3 is 6.09 Å². The lowest BCUT2D eigenvalue weighted by atomic mass is 10.0. The van der Waals surface area contributed by atoms with Crippen molar-refractivity contribution < 1.29 is 14.3 Å². The standard InChI is InChI=1S/C20H27N7O3/c1-12(2)22-20(28)30-15-5-4-13(8-15)16-10-18(25-24-16)23-19-17-9-14(11-29-3)26-27(17)7-6-21-19/h6-7,9-10,12-13,15H,4-5,8,11H2,1-3H3,(H,22,28)(H2,21,23,24,25)/t13-,15+/m0/s1. The Hall–Kier alpha value is -3.14. The molecule has 1 aliphatic rings. The third-order valence-electron chi connectivity index (χ3n) is 5.08. The van der Waals surface area contributed by atoms with Gasteiger partial charge in [0.15, 0.2) is 11.6 Å². The molecule has 0 aliphatic heterocycles. The van der Waals surface area contributed by atoms with Crippen molar-refractivity contribution >= 4 is 23.2 Å². The second kappa shape index (κ2) is 8.70. The van der Waals surface area contributed by atoms with E-state index in [9.17, 15) is 4.79 Å². The van der Waals surface area contributed by atoms with Crippen molar-refractivity contribution in [1.82, 2.24) is 30.1 Å². The molecule has 1 fully saturated rings. The van der Waals surface area contributed by atoms with Crippen LogP contribution in [-0.4, -0.2) is 50.1 Å². The van der Waals surface area contributed by atoms with Gasteiger partial charge in [0.1, 0.15) is 11.6 Å². The molecule has 1 saturated carbocycles. The van der Waals surface area contributed by atoms with Crippen LogP contribution < -0.4 is 10.6 Å². The first kappa shape index (κ1) is 20.1. The number of amides is 1. The summed E-state index contributed by atoms with van der Waals surface area (Å²) >= 11 is 0. The average molecular weight is 413 g/mol. The highest BCUT2D eigenvalue weighted by Crippen LogP contribution is 2.36. The fourth-order valence-electron chi connectivity index (χ4n) is 3.77. The number of rotatable bonds is 7. The zero-order valence-electron chi connectivity index (χ0n) is 17.4. The third kappa shape index (κ3) is 4.54. The summed E-state index contributed by atoms with van der Waals surface area (Å²) in [4.78, 5) is 16.2. The largest absolute Gasteiger partial charge is 0.446 e. The molecule has 3 aromatic heterocycles. The van der Waals surface area contributed by atoms with Gasteiger partial charge in [0.25, 0.3) is 0 Å². The molecule has 160 valence electrons. The average Bonchev–Trinajstić information content (AvgIpc) is 3.41. The molecule has 3 heterocycles. The summed E-state index contributed by atoms with van der Waals surface area (Å²) in [5.41, 5.74) is 2.70. The second-order valence-corrected chi connectivity index (χ2v) is 7.84. The number of methoxy groups -OCH3 is 1. The Bertz CT molecular complexity index is 1010. The van der Waals surface area contributed by atoms with Crippen LogP contribution in [0.4, 0.5) is 16.4 Å². The third-order valence-corrected chi connectivity index (χ3v) is 5.08. The zero-order valence-corrected chi connectivity index (χ0v) is 17.4. The number of carbonyl (C=O) groups excluding carboxylic acids is 1. The van der Waals surface area contributed by atoms with Gasteiger partial charge in [0.2, 0.25) is 0 Å². The van der Waals surface area contributed by atoms with Crippen LogP contribution in [0.15, 0.2) is 24.5 Å². The van der Waals surface area contributed by atoms with E-state index in [1.54, 1.807) is 24.0 Å². The van der Waals surface area contributed by atoms with Gasteiger partial charge in [-0.3, -0.25) is 5.10 Å². The maximum absolute atomic E-state index is 11.8. The Labute approximate surface area is 174 Å². The van der Waals surface area contributed by atoms with Gasteiger partial charge in [-0.25, -0.2) is 14.3 Å². The number of alkyl carbamates (subject to hydrolysis) is 1. The van der Waals surface area contributed by atoms with Crippen LogP contribution in [0.2, 0.25) is 0 Å². The number of hydrogen-bond acceptors (Lipinski definition) is 7. The number of H-pyrrole nitrogens is 1. The first-order chi connectivity index (χ1) is 14.5. The molecule has 0 saturated heterocycles. The Balaban J connectivity index is 1.40. The summed E-state index contributed by atoms with van der Waals surface area (Å²) in [5, 5.41) is 18.0. The van der Waals surface area contributed by atoms with Gasteiger partial charge in [-0.2, -0.15) is 10.2 Å². The molecule has 0 aromatic carbocycles. The topological polar surface area (TPSA) is 118 Å². The highest BCUT2D eigenvalue weighted by molar-refractivity contribution is 5.72. The highest BCUT2D eigenvalue weighted by Gasteiger charge is 2.30. The summed E-state index contributed by atoms with van der Waals surface area (Å²) < 4.78 is 12.4. The maximum Gasteiger partial charge on any atom is 0.407 e. The van der Waals surface area contributed by atoms with Crippen LogP contribution in [0.3, 0.4) is 0 Å². The van der Waals surface area contributed by atoms with Crippen molar-refractivity contribution in [3.05, 3.63) is 35.9 Å². The molecule has 30 heavy (non-hydrogen) atoms. The lowest BCUT2D eigenvalue weighted by Gasteiger charge is -2.14. The minimum Gasteiger partial charge on any atom is -0.446 e. The Morgan fingerprint density at radius 2 is 2.23 bits per heavy atom.